The molecule has 3 aromatic rings. The van der Waals surface area contributed by atoms with Crippen molar-refractivity contribution in [1.29, 1.82) is 0 Å². The molecule has 3 amide bonds. The number of fused-ring (bicyclic) bond motifs is 1. The van der Waals surface area contributed by atoms with E-state index in [0.29, 0.717) is 6.54 Å². The smallest absolute Gasteiger partial charge is 0.242 e. The predicted molar refractivity (Wildman–Crippen MR) is 115 cm³/mol. The second-order valence-electron chi connectivity index (χ2n) is 7.31. The summed E-state index contributed by atoms with van der Waals surface area (Å²) in [6.07, 6.45) is 0.189. The molecule has 156 valence electrons. The fourth-order valence-electron chi connectivity index (χ4n) is 3.24. The van der Waals surface area contributed by atoms with Crippen LogP contribution in [0.2, 0.25) is 0 Å². The molecule has 2 aromatic carbocycles. The minimum Gasteiger partial charge on any atom is -0.358 e. The lowest BCUT2D eigenvalue weighted by Crippen LogP contribution is -2.42. The van der Waals surface area contributed by atoms with Gasteiger partial charge in [-0.2, -0.15) is 0 Å². The number of aromatic amines is 1. The van der Waals surface area contributed by atoms with E-state index in [1.807, 2.05) is 62.4 Å². The summed E-state index contributed by atoms with van der Waals surface area (Å²) in [5, 5.41) is 3.77. The van der Waals surface area contributed by atoms with Gasteiger partial charge in [-0.25, -0.2) is 0 Å². The van der Waals surface area contributed by atoms with Crippen molar-refractivity contribution in [3.05, 3.63) is 70.9 Å². The van der Waals surface area contributed by atoms with Gasteiger partial charge in [0.1, 0.15) is 0 Å². The van der Waals surface area contributed by atoms with Gasteiger partial charge in [-0.1, -0.05) is 42.0 Å². The number of aryl methyl sites for hydroxylation is 2. The molecule has 7 nitrogen and oxygen atoms in total. The first kappa shape index (κ1) is 21.1. The van der Waals surface area contributed by atoms with Gasteiger partial charge in [0.05, 0.1) is 6.42 Å². The van der Waals surface area contributed by atoms with Crippen LogP contribution in [-0.2, 0) is 27.3 Å². The van der Waals surface area contributed by atoms with Crippen molar-refractivity contribution in [3.8, 4) is 0 Å². The third-order valence-corrected chi connectivity index (χ3v) is 4.87. The summed E-state index contributed by atoms with van der Waals surface area (Å²) in [4.78, 5) is 39.4. The first-order valence-electron chi connectivity index (χ1n) is 9.88. The maximum atomic E-state index is 12.3. The number of amides is 3. The molecule has 0 aliphatic rings. The van der Waals surface area contributed by atoms with Crippen molar-refractivity contribution < 1.29 is 14.4 Å². The molecule has 1 heterocycles. The van der Waals surface area contributed by atoms with E-state index in [1.165, 1.54) is 0 Å². The molecule has 4 N–H and O–H groups in total. The lowest BCUT2D eigenvalue weighted by atomic mass is 10.1. The zero-order chi connectivity index (χ0) is 21.5. The Morgan fingerprint density at radius 1 is 0.867 bits per heavy atom. The van der Waals surface area contributed by atoms with Gasteiger partial charge in [-0.3, -0.25) is 25.2 Å². The van der Waals surface area contributed by atoms with Crippen molar-refractivity contribution in [2.24, 2.45) is 0 Å². The predicted octanol–water partition coefficient (Wildman–Crippen LogP) is 2.57. The molecular formula is C23H26N4O3. The molecule has 0 radical (unpaired) electrons. The molecule has 0 unspecified atom stereocenters. The minimum absolute atomic E-state index is 0.00773. The van der Waals surface area contributed by atoms with E-state index in [4.69, 9.17) is 0 Å². The first-order chi connectivity index (χ1) is 14.4. The summed E-state index contributed by atoms with van der Waals surface area (Å²) in [7, 11) is 0. The molecule has 0 aliphatic carbocycles. The molecule has 0 aliphatic heterocycles. The van der Waals surface area contributed by atoms with Crippen molar-refractivity contribution in [1.82, 2.24) is 21.2 Å². The average Bonchev–Trinajstić information content (AvgIpc) is 3.04. The Morgan fingerprint density at radius 3 is 2.33 bits per heavy atom. The summed E-state index contributed by atoms with van der Waals surface area (Å²) in [6, 6.07) is 15.6. The largest absolute Gasteiger partial charge is 0.358 e. The van der Waals surface area contributed by atoms with Gasteiger partial charge in [-0.05, 0) is 37.1 Å². The summed E-state index contributed by atoms with van der Waals surface area (Å²) in [5.41, 5.74) is 9.71. The van der Waals surface area contributed by atoms with Gasteiger partial charge in [0.25, 0.3) is 0 Å². The van der Waals surface area contributed by atoms with Crippen molar-refractivity contribution in [2.75, 3.05) is 0 Å². The minimum atomic E-state index is -0.412. The fraction of sp³-hybridized carbons (Fsp3) is 0.261. The summed E-state index contributed by atoms with van der Waals surface area (Å²) >= 11 is 0. The van der Waals surface area contributed by atoms with E-state index >= 15 is 0 Å². The fourth-order valence-corrected chi connectivity index (χ4v) is 3.24. The molecule has 0 spiro atoms. The van der Waals surface area contributed by atoms with Crippen LogP contribution in [0.1, 0.15) is 35.2 Å². The average molecular weight is 406 g/mol. The molecule has 3 rings (SSSR count). The van der Waals surface area contributed by atoms with Gasteiger partial charge in [0, 0.05) is 36.0 Å². The highest BCUT2D eigenvalue weighted by Crippen LogP contribution is 2.23. The third-order valence-electron chi connectivity index (χ3n) is 4.87. The molecule has 1 aromatic heterocycles. The van der Waals surface area contributed by atoms with Crippen LogP contribution < -0.4 is 16.2 Å². The zero-order valence-corrected chi connectivity index (χ0v) is 17.2. The highest BCUT2D eigenvalue weighted by molar-refractivity contribution is 5.91. The van der Waals surface area contributed by atoms with Crippen LogP contribution in [0.5, 0.6) is 0 Å². The number of hydrogen-bond acceptors (Lipinski definition) is 3. The normalized spacial score (nSPS) is 10.6. The summed E-state index contributed by atoms with van der Waals surface area (Å²) in [6.45, 7) is 4.34. The Morgan fingerprint density at radius 2 is 1.57 bits per heavy atom. The van der Waals surface area contributed by atoms with Gasteiger partial charge >= 0.3 is 0 Å². The molecule has 0 atom stereocenters. The van der Waals surface area contributed by atoms with Crippen molar-refractivity contribution in [3.63, 3.8) is 0 Å². The molecule has 30 heavy (non-hydrogen) atoms. The van der Waals surface area contributed by atoms with Crippen LogP contribution in [0.4, 0.5) is 0 Å². The van der Waals surface area contributed by atoms with Gasteiger partial charge in [-0.15, -0.1) is 0 Å². The lowest BCUT2D eigenvalue weighted by molar-refractivity contribution is -0.130. The van der Waals surface area contributed by atoms with E-state index in [-0.39, 0.29) is 31.1 Å². The van der Waals surface area contributed by atoms with Gasteiger partial charge in [0.2, 0.25) is 17.7 Å². The molecule has 0 saturated carbocycles. The summed E-state index contributed by atoms with van der Waals surface area (Å²) < 4.78 is 0. The Balaban J connectivity index is 1.41. The van der Waals surface area contributed by atoms with Crippen LogP contribution in [0.25, 0.3) is 10.9 Å². The van der Waals surface area contributed by atoms with Crippen LogP contribution in [0.3, 0.4) is 0 Å². The molecule has 0 bridgehead atoms. The number of rotatable bonds is 7. The second kappa shape index (κ2) is 9.73. The maximum Gasteiger partial charge on any atom is 0.242 e. The second-order valence-corrected chi connectivity index (χ2v) is 7.31. The number of benzene rings is 2. The Kier molecular flexibility index (Phi) is 6.85. The van der Waals surface area contributed by atoms with E-state index in [1.54, 1.807) is 0 Å². The number of carbonyl (C=O) groups excluding carboxylic acids is 3. The van der Waals surface area contributed by atoms with E-state index in [0.717, 1.165) is 33.3 Å². The monoisotopic (exact) mass is 406 g/mol. The quantitative estimate of drug-likeness (QED) is 0.454. The molecule has 0 fully saturated rings. The zero-order valence-electron chi connectivity index (χ0n) is 17.2. The summed E-state index contributed by atoms with van der Waals surface area (Å²) in [5.74, 6) is -0.947. The number of carbonyl (C=O) groups is 3. The van der Waals surface area contributed by atoms with Gasteiger partial charge in [0.15, 0.2) is 0 Å². The highest BCUT2D eigenvalue weighted by atomic mass is 16.2. The SMILES string of the molecule is Cc1ccc2[nH]c(C)c(CC(=O)NNC(=O)CCC(=O)NCc3ccccc3)c2c1. The standard InChI is InChI=1S/C23H26N4O3/c1-15-8-9-20-19(12-15)18(16(2)25-20)13-23(30)27-26-22(29)11-10-21(28)24-14-17-6-4-3-5-7-17/h3-9,12,25H,10-11,13-14H2,1-2H3,(H,24,28)(H,26,29)(H,27,30). The molecule has 0 saturated heterocycles. The maximum absolute atomic E-state index is 12.3. The van der Waals surface area contributed by atoms with Crippen LogP contribution in [0.15, 0.2) is 48.5 Å². The van der Waals surface area contributed by atoms with Gasteiger partial charge < -0.3 is 10.3 Å². The van der Waals surface area contributed by atoms with Crippen LogP contribution in [0, 0.1) is 13.8 Å². The number of aromatic nitrogens is 1. The molecule has 7 heteroatoms. The van der Waals surface area contributed by atoms with Crippen LogP contribution in [-0.4, -0.2) is 22.7 Å². The molecular weight excluding hydrogens is 380 g/mol. The van der Waals surface area contributed by atoms with Crippen molar-refractivity contribution >= 4 is 28.6 Å². The Labute approximate surface area is 175 Å². The van der Waals surface area contributed by atoms with Crippen molar-refractivity contribution in [2.45, 2.75) is 39.7 Å². The Hall–Kier alpha value is -3.61. The highest BCUT2D eigenvalue weighted by Gasteiger charge is 2.14. The third kappa shape index (κ3) is 5.70. The number of nitrogens with one attached hydrogen (secondary N) is 4. The van der Waals surface area contributed by atoms with E-state index in [2.05, 4.69) is 21.2 Å². The Bertz CT molecular complexity index is 1060. The number of H-pyrrole nitrogens is 1. The van der Waals surface area contributed by atoms with Crippen LogP contribution >= 0.6 is 0 Å². The number of hydrogen-bond donors (Lipinski definition) is 4. The van der Waals surface area contributed by atoms with E-state index < -0.39 is 5.91 Å². The number of hydrazine groups is 1. The van der Waals surface area contributed by atoms with E-state index in [9.17, 15) is 14.4 Å². The lowest BCUT2D eigenvalue weighted by Gasteiger charge is -2.08. The topological polar surface area (TPSA) is 103 Å². The first-order valence-corrected chi connectivity index (χ1v) is 9.88.